The van der Waals surface area contributed by atoms with Gasteiger partial charge < -0.3 is 19.7 Å². The van der Waals surface area contributed by atoms with Gasteiger partial charge in [0.25, 0.3) is 0 Å². The van der Waals surface area contributed by atoms with Crippen LogP contribution in [0.2, 0.25) is 0 Å². The third kappa shape index (κ3) is 3.80. The van der Waals surface area contributed by atoms with Crippen molar-refractivity contribution in [2.75, 3.05) is 13.2 Å². The van der Waals surface area contributed by atoms with Crippen molar-refractivity contribution in [2.24, 2.45) is 34.5 Å². The van der Waals surface area contributed by atoms with Gasteiger partial charge in [-0.2, -0.15) is 0 Å². The summed E-state index contributed by atoms with van der Waals surface area (Å²) in [6.07, 6.45) is 6.13. The highest BCUT2D eigenvalue weighted by Crippen LogP contribution is 2.69. The van der Waals surface area contributed by atoms with Crippen molar-refractivity contribution in [1.82, 2.24) is 0 Å². The van der Waals surface area contributed by atoms with Crippen LogP contribution in [0.4, 0.5) is 4.79 Å². The summed E-state index contributed by atoms with van der Waals surface area (Å²) in [5.74, 6) is -1.41. The van der Waals surface area contributed by atoms with E-state index in [1.807, 2.05) is 33.8 Å². The third-order valence-corrected chi connectivity index (χ3v) is 9.95. The van der Waals surface area contributed by atoms with E-state index in [1.165, 1.54) is 0 Å². The minimum absolute atomic E-state index is 0.0678. The van der Waals surface area contributed by atoms with E-state index in [1.54, 1.807) is 12.2 Å². The summed E-state index contributed by atoms with van der Waals surface area (Å²) < 4.78 is 11.2. The Morgan fingerprint density at radius 1 is 1.26 bits per heavy atom. The molecule has 194 valence electrons. The van der Waals surface area contributed by atoms with E-state index in [-0.39, 0.29) is 47.9 Å². The summed E-state index contributed by atoms with van der Waals surface area (Å²) in [6.45, 7) is 7.17. The van der Waals surface area contributed by atoms with Crippen LogP contribution in [0.1, 0.15) is 59.8 Å². The molecule has 4 aliphatic carbocycles. The number of unbranched alkanes of at least 4 members (excludes halogenated alkanes) is 1. The van der Waals surface area contributed by atoms with E-state index >= 15 is 0 Å². The van der Waals surface area contributed by atoms with Crippen molar-refractivity contribution in [3.63, 3.8) is 0 Å². The zero-order chi connectivity index (χ0) is 25.8. The van der Waals surface area contributed by atoms with Crippen molar-refractivity contribution in [3.8, 4) is 0 Å². The van der Waals surface area contributed by atoms with Crippen molar-refractivity contribution >= 4 is 29.3 Å². The van der Waals surface area contributed by atoms with Crippen molar-refractivity contribution in [1.29, 1.82) is 0 Å². The predicted octanol–water partition coefficient (Wildman–Crippen LogP) is 3.98. The number of alkyl halides is 1. The number of aliphatic hydroxyl groups is 2. The molecule has 0 spiro atoms. The molecule has 0 amide bonds. The highest BCUT2D eigenvalue weighted by molar-refractivity contribution is 6.23. The van der Waals surface area contributed by atoms with Crippen LogP contribution in [-0.4, -0.2) is 58.2 Å². The first-order valence-electron chi connectivity index (χ1n) is 12.7. The van der Waals surface area contributed by atoms with Crippen LogP contribution in [0.5, 0.6) is 0 Å². The van der Waals surface area contributed by atoms with Gasteiger partial charge in [0, 0.05) is 22.7 Å². The Hall–Kier alpha value is -1.70. The second kappa shape index (κ2) is 9.31. The number of ketones is 2. The molecule has 7 nitrogen and oxygen atoms in total. The molecular weight excluding hydrogens is 472 g/mol. The van der Waals surface area contributed by atoms with Gasteiger partial charge in [-0.15, -0.1) is 11.6 Å². The van der Waals surface area contributed by atoms with Crippen molar-refractivity contribution in [3.05, 3.63) is 23.8 Å². The number of hydrogen-bond acceptors (Lipinski definition) is 7. The summed E-state index contributed by atoms with van der Waals surface area (Å²) >= 11 is 6.85. The second-order valence-electron chi connectivity index (χ2n) is 11.3. The number of allylic oxidation sites excluding steroid dienone is 4. The molecule has 0 saturated heterocycles. The molecule has 0 heterocycles. The number of halogens is 1. The Kier molecular flexibility index (Phi) is 7.01. The molecule has 8 heteroatoms. The minimum Gasteiger partial charge on any atom is -0.434 e. The third-order valence-electron chi connectivity index (χ3n) is 9.54. The lowest BCUT2D eigenvalue weighted by atomic mass is 9.46. The molecule has 4 aliphatic rings. The number of aliphatic hydroxyl groups excluding tert-OH is 2. The van der Waals surface area contributed by atoms with Crippen LogP contribution < -0.4 is 0 Å². The molecule has 2 N–H and O–H groups in total. The molecule has 1 unspecified atom stereocenters. The summed E-state index contributed by atoms with van der Waals surface area (Å²) in [4.78, 5) is 38.2. The monoisotopic (exact) mass is 508 g/mol. The first kappa shape index (κ1) is 26.4. The average molecular weight is 509 g/mol. The number of rotatable bonds is 6. The van der Waals surface area contributed by atoms with E-state index in [2.05, 4.69) is 0 Å². The first-order chi connectivity index (χ1) is 16.5. The summed E-state index contributed by atoms with van der Waals surface area (Å²) in [5.41, 5.74) is -2.29. The van der Waals surface area contributed by atoms with Gasteiger partial charge in [0.2, 0.25) is 5.78 Å². The van der Waals surface area contributed by atoms with Gasteiger partial charge in [0.05, 0.1) is 18.1 Å². The Morgan fingerprint density at radius 2 is 1.97 bits per heavy atom. The van der Waals surface area contributed by atoms with E-state index in [0.29, 0.717) is 19.3 Å². The maximum Gasteiger partial charge on any atom is 0.509 e. The lowest BCUT2D eigenvalue weighted by molar-refractivity contribution is -0.189. The number of carbonyl (C=O) groups is 3. The van der Waals surface area contributed by atoms with Crippen LogP contribution in [0, 0.1) is 34.5 Å². The smallest absolute Gasteiger partial charge is 0.434 e. The zero-order valence-electron chi connectivity index (χ0n) is 21.0. The van der Waals surface area contributed by atoms with Gasteiger partial charge in [-0.25, -0.2) is 4.79 Å². The van der Waals surface area contributed by atoms with Gasteiger partial charge in [-0.05, 0) is 55.2 Å². The number of carbonyl (C=O) groups excluding carboxylic acids is 3. The largest absolute Gasteiger partial charge is 0.509 e. The molecule has 3 fully saturated rings. The molecule has 0 aromatic rings. The Morgan fingerprint density at radius 3 is 2.63 bits per heavy atom. The Balaban J connectivity index is 1.75. The molecular formula is C27H37ClO7. The van der Waals surface area contributed by atoms with E-state index in [4.69, 9.17) is 21.1 Å². The molecule has 0 radical (unpaired) electrons. The SMILES string of the molecule is CCCCOC(=O)O[C@]1(C(=O)CO)[C@H](C)C[C@H]2[C@@H]3C[C@H](Cl)C4=CC(=O)C=C[C@]4(C)[C@H]3C(O)C[C@@]21C. The fourth-order valence-corrected chi connectivity index (χ4v) is 8.60. The number of hydrogen-bond donors (Lipinski definition) is 2. The minimum atomic E-state index is -1.61. The van der Waals surface area contributed by atoms with Gasteiger partial charge in [0.1, 0.15) is 6.61 Å². The highest BCUT2D eigenvalue weighted by Gasteiger charge is 2.73. The lowest BCUT2D eigenvalue weighted by Crippen LogP contribution is -2.64. The first-order valence-corrected chi connectivity index (χ1v) is 13.2. The highest BCUT2D eigenvalue weighted by atomic mass is 35.5. The molecule has 0 aromatic heterocycles. The second-order valence-corrected chi connectivity index (χ2v) is 11.8. The van der Waals surface area contributed by atoms with Crippen molar-refractivity contribution < 1.29 is 34.1 Å². The Bertz CT molecular complexity index is 959. The number of Topliss-reactive ketones (excluding diaryl/α,β-unsaturated/α-hetero) is 1. The van der Waals surface area contributed by atoms with Crippen molar-refractivity contribution in [2.45, 2.75) is 76.9 Å². The molecule has 0 aromatic carbocycles. The fraction of sp³-hybridized carbons (Fsp3) is 0.741. The van der Waals surface area contributed by atoms with E-state index in [0.717, 1.165) is 12.0 Å². The lowest BCUT2D eigenvalue weighted by Gasteiger charge is -2.60. The number of ether oxygens (including phenoxy) is 2. The predicted molar refractivity (Wildman–Crippen MR) is 130 cm³/mol. The molecule has 3 saturated carbocycles. The molecule has 4 rings (SSSR count). The molecule has 0 aliphatic heterocycles. The summed E-state index contributed by atoms with van der Waals surface area (Å²) in [5, 5.41) is 21.2. The zero-order valence-corrected chi connectivity index (χ0v) is 21.7. The quantitative estimate of drug-likeness (QED) is 0.317. The van der Waals surface area contributed by atoms with Gasteiger partial charge >= 0.3 is 6.16 Å². The summed E-state index contributed by atoms with van der Waals surface area (Å²) in [6, 6.07) is 0. The maximum absolute atomic E-state index is 13.4. The van der Waals surface area contributed by atoms with Crippen LogP contribution in [0.15, 0.2) is 23.8 Å². The summed E-state index contributed by atoms with van der Waals surface area (Å²) in [7, 11) is 0. The van der Waals surface area contributed by atoms with Gasteiger partial charge in [0.15, 0.2) is 11.4 Å². The molecule has 35 heavy (non-hydrogen) atoms. The average Bonchev–Trinajstić information content (AvgIpc) is 3.01. The Labute approximate surface area is 211 Å². The normalized spacial score (nSPS) is 44.1. The number of fused-ring (bicyclic) bond motifs is 5. The van der Waals surface area contributed by atoms with Gasteiger partial charge in [-0.3, -0.25) is 9.59 Å². The topological polar surface area (TPSA) is 110 Å². The van der Waals surface area contributed by atoms with Gasteiger partial charge in [-0.1, -0.05) is 40.2 Å². The molecule has 9 atom stereocenters. The fourth-order valence-electron chi connectivity index (χ4n) is 8.10. The molecule has 0 bridgehead atoms. The van der Waals surface area contributed by atoms with E-state index < -0.39 is 41.1 Å². The standard InChI is InChI=1S/C27H37ClO7/c1-5-6-9-34-24(33)35-27(22(32)14-29)15(2)10-18-17-12-20(28)19-11-16(30)7-8-25(19,3)23(17)21(31)13-26(18,27)4/h7-8,11,15,17-18,20-21,23,29,31H,5-6,9-10,12-14H2,1-4H3/t15-,17+,18+,20+,21?,23-,25+,26+,27+/m1/s1. The van der Waals surface area contributed by atoms with Crippen LogP contribution >= 0.6 is 11.6 Å². The maximum atomic E-state index is 13.4. The van der Waals surface area contributed by atoms with Crippen LogP contribution in [-0.2, 0) is 19.1 Å². The van der Waals surface area contributed by atoms with Crippen LogP contribution in [0.3, 0.4) is 0 Å². The van der Waals surface area contributed by atoms with E-state index in [9.17, 15) is 24.6 Å². The van der Waals surface area contributed by atoms with Crippen LogP contribution in [0.25, 0.3) is 0 Å².